The zero-order valence-corrected chi connectivity index (χ0v) is 18.4. The first-order valence-electron chi connectivity index (χ1n) is 10.5. The highest BCUT2D eigenvalue weighted by molar-refractivity contribution is 7.12. The second kappa shape index (κ2) is 8.57. The smallest absolute Gasteiger partial charge is 0.249 e. The predicted octanol–water partition coefficient (Wildman–Crippen LogP) is 4.09. The number of carbonyl (C=O) groups is 2. The first-order valence-corrected chi connectivity index (χ1v) is 11.3. The van der Waals surface area contributed by atoms with Gasteiger partial charge in [0.1, 0.15) is 5.75 Å². The van der Waals surface area contributed by atoms with Crippen LogP contribution in [0.3, 0.4) is 0 Å². The van der Waals surface area contributed by atoms with Gasteiger partial charge in [0.2, 0.25) is 17.7 Å². The lowest BCUT2D eigenvalue weighted by Gasteiger charge is -2.37. The van der Waals surface area contributed by atoms with Gasteiger partial charge in [-0.05, 0) is 42.7 Å². The summed E-state index contributed by atoms with van der Waals surface area (Å²) >= 11 is 1.76. The largest absolute Gasteiger partial charge is 0.497 e. The maximum Gasteiger partial charge on any atom is 0.249 e. The topological polar surface area (TPSA) is 58.6 Å². The molecule has 8 heteroatoms. The average Bonchev–Trinajstić information content (AvgIpc) is 3.11. The Labute approximate surface area is 184 Å². The van der Waals surface area contributed by atoms with Crippen LogP contribution < -0.4 is 10.1 Å². The summed E-state index contributed by atoms with van der Waals surface area (Å²) in [5.41, 5.74) is 2.11. The van der Waals surface area contributed by atoms with E-state index in [1.165, 1.54) is 9.75 Å². The van der Waals surface area contributed by atoms with E-state index in [1.807, 2.05) is 29.2 Å². The molecular weight excluding hydrogens is 422 g/mol. The lowest BCUT2D eigenvalue weighted by atomic mass is 9.81. The molecule has 5 nitrogen and oxygen atoms in total. The Balaban J connectivity index is 1.46. The molecule has 2 aromatic rings. The van der Waals surface area contributed by atoms with Gasteiger partial charge in [-0.2, -0.15) is 0 Å². The van der Waals surface area contributed by atoms with E-state index in [2.05, 4.69) is 18.3 Å². The number of alkyl halides is 2. The molecule has 2 amide bonds. The number of nitrogens with zero attached hydrogens (tertiary/aromatic N) is 1. The van der Waals surface area contributed by atoms with Crippen molar-refractivity contribution in [2.45, 2.75) is 44.6 Å². The SMILES string of the molecule is COc1cccc(C2c3cc(C)sc3CCN2C(=O)CCNC(=O)C2CC(F)(F)C2)c1. The monoisotopic (exact) mass is 448 g/mol. The van der Waals surface area contributed by atoms with Gasteiger partial charge in [-0.1, -0.05) is 12.1 Å². The highest BCUT2D eigenvalue weighted by atomic mass is 32.1. The number of methoxy groups -OCH3 is 1. The van der Waals surface area contributed by atoms with Gasteiger partial charge in [-0.3, -0.25) is 9.59 Å². The molecule has 2 aliphatic rings. The number of rotatable bonds is 6. The number of hydrogen-bond donors (Lipinski definition) is 1. The molecule has 1 unspecified atom stereocenters. The van der Waals surface area contributed by atoms with E-state index >= 15 is 0 Å². The molecule has 166 valence electrons. The number of nitrogens with one attached hydrogen (secondary N) is 1. The van der Waals surface area contributed by atoms with Crippen LogP contribution in [0.15, 0.2) is 30.3 Å². The van der Waals surface area contributed by atoms with E-state index in [-0.39, 0.29) is 24.9 Å². The normalized spacial score (nSPS) is 20.0. The molecule has 1 aromatic heterocycles. The fraction of sp³-hybridized carbons (Fsp3) is 0.478. The molecule has 0 spiro atoms. The number of halogens is 2. The molecule has 1 aromatic carbocycles. The number of carbonyl (C=O) groups excluding carboxylic acids is 2. The fourth-order valence-corrected chi connectivity index (χ4v) is 5.45. The Hall–Kier alpha value is -2.48. The van der Waals surface area contributed by atoms with Crippen molar-refractivity contribution in [1.82, 2.24) is 10.2 Å². The molecule has 31 heavy (non-hydrogen) atoms. The van der Waals surface area contributed by atoms with Crippen LogP contribution in [0.1, 0.15) is 46.2 Å². The number of thiophene rings is 1. The van der Waals surface area contributed by atoms with Gasteiger partial charge in [0.15, 0.2) is 0 Å². The average molecular weight is 449 g/mol. The van der Waals surface area contributed by atoms with Gasteiger partial charge < -0.3 is 15.0 Å². The van der Waals surface area contributed by atoms with Crippen LogP contribution >= 0.6 is 11.3 Å². The van der Waals surface area contributed by atoms with E-state index < -0.39 is 30.6 Å². The minimum atomic E-state index is -2.73. The van der Waals surface area contributed by atoms with Gasteiger partial charge in [-0.15, -0.1) is 11.3 Å². The van der Waals surface area contributed by atoms with E-state index in [0.29, 0.717) is 6.54 Å². The maximum atomic E-state index is 13.1. The van der Waals surface area contributed by atoms with Gasteiger partial charge in [-0.25, -0.2) is 8.78 Å². The second-order valence-corrected chi connectivity index (χ2v) is 9.59. The molecule has 0 saturated heterocycles. The predicted molar refractivity (Wildman–Crippen MR) is 115 cm³/mol. The lowest BCUT2D eigenvalue weighted by molar-refractivity contribution is -0.150. The van der Waals surface area contributed by atoms with Crippen molar-refractivity contribution in [3.05, 3.63) is 51.2 Å². The molecule has 1 fully saturated rings. The molecule has 1 saturated carbocycles. The van der Waals surface area contributed by atoms with Crippen LogP contribution in [0, 0.1) is 12.8 Å². The summed E-state index contributed by atoms with van der Waals surface area (Å²) in [4.78, 5) is 29.5. The highest BCUT2D eigenvalue weighted by Crippen LogP contribution is 2.42. The fourth-order valence-electron chi connectivity index (χ4n) is 4.39. The summed E-state index contributed by atoms with van der Waals surface area (Å²) in [6.07, 6.45) is 0.117. The number of fused-ring (bicyclic) bond motifs is 1. The quantitative estimate of drug-likeness (QED) is 0.724. The lowest BCUT2D eigenvalue weighted by Crippen LogP contribution is -2.46. The van der Waals surface area contributed by atoms with Crippen molar-refractivity contribution >= 4 is 23.2 Å². The van der Waals surface area contributed by atoms with E-state index in [4.69, 9.17) is 4.74 Å². The third-order valence-electron chi connectivity index (χ3n) is 5.98. The van der Waals surface area contributed by atoms with Crippen molar-refractivity contribution in [3.63, 3.8) is 0 Å². The number of hydrogen-bond acceptors (Lipinski definition) is 4. The van der Waals surface area contributed by atoms with Gasteiger partial charge >= 0.3 is 0 Å². The van der Waals surface area contributed by atoms with Crippen molar-refractivity contribution < 1.29 is 23.1 Å². The minimum absolute atomic E-state index is 0.0680. The molecule has 1 atom stereocenters. The van der Waals surface area contributed by atoms with Crippen LogP contribution in [0.5, 0.6) is 5.75 Å². The molecular formula is C23H26F2N2O3S. The zero-order valence-electron chi connectivity index (χ0n) is 17.6. The van der Waals surface area contributed by atoms with Gasteiger partial charge in [0, 0.05) is 48.0 Å². The summed E-state index contributed by atoms with van der Waals surface area (Å²) in [7, 11) is 1.61. The van der Waals surface area contributed by atoms with Crippen LogP contribution in [0.2, 0.25) is 0 Å². The number of aryl methyl sites for hydroxylation is 1. The van der Waals surface area contributed by atoms with Crippen LogP contribution in [-0.2, 0) is 16.0 Å². The summed E-state index contributed by atoms with van der Waals surface area (Å²) in [6, 6.07) is 9.66. The van der Waals surface area contributed by atoms with E-state index in [1.54, 1.807) is 18.4 Å². The van der Waals surface area contributed by atoms with Crippen molar-refractivity contribution in [2.24, 2.45) is 5.92 Å². The van der Waals surface area contributed by atoms with Crippen molar-refractivity contribution in [3.8, 4) is 5.75 Å². The minimum Gasteiger partial charge on any atom is -0.497 e. The Morgan fingerprint density at radius 1 is 1.29 bits per heavy atom. The zero-order chi connectivity index (χ0) is 22.2. The highest BCUT2D eigenvalue weighted by Gasteiger charge is 2.48. The Kier molecular flexibility index (Phi) is 6.01. The first kappa shape index (κ1) is 21.7. The molecule has 1 aliphatic heterocycles. The van der Waals surface area contributed by atoms with E-state index in [0.717, 1.165) is 23.3 Å². The Morgan fingerprint density at radius 3 is 2.77 bits per heavy atom. The third-order valence-corrected chi connectivity index (χ3v) is 7.11. The number of amides is 2. The molecule has 2 heterocycles. The molecule has 4 rings (SSSR count). The van der Waals surface area contributed by atoms with Crippen LogP contribution in [0.25, 0.3) is 0 Å². The standard InChI is InChI=1S/C23H26F2N2O3S/c1-14-10-18-19(31-14)7-9-27(21(18)15-4-3-5-17(11-15)30-2)20(28)6-8-26-22(29)16-12-23(24,25)13-16/h3-5,10-11,16,21H,6-9,12-13H2,1-2H3,(H,26,29). The molecule has 1 aliphatic carbocycles. The van der Waals surface area contributed by atoms with E-state index in [9.17, 15) is 18.4 Å². The Morgan fingerprint density at radius 2 is 2.06 bits per heavy atom. The first-order chi connectivity index (χ1) is 14.8. The van der Waals surface area contributed by atoms with Gasteiger partial charge in [0.25, 0.3) is 0 Å². The number of benzene rings is 1. The maximum absolute atomic E-state index is 13.1. The van der Waals surface area contributed by atoms with Crippen LogP contribution in [-0.4, -0.2) is 42.8 Å². The second-order valence-electron chi connectivity index (χ2n) is 8.25. The van der Waals surface area contributed by atoms with Gasteiger partial charge in [0.05, 0.1) is 13.2 Å². The van der Waals surface area contributed by atoms with Crippen molar-refractivity contribution in [2.75, 3.05) is 20.2 Å². The molecule has 0 bridgehead atoms. The molecule has 1 N–H and O–H groups in total. The molecule has 0 radical (unpaired) electrons. The summed E-state index contributed by atoms with van der Waals surface area (Å²) in [5, 5.41) is 2.65. The summed E-state index contributed by atoms with van der Waals surface area (Å²) in [5.74, 6) is -3.11. The number of ether oxygens (including phenoxy) is 1. The summed E-state index contributed by atoms with van der Waals surface area (Å²) < 4.78 is 31.3. The third kappa shape index (κ3) is 4.59. The van der Waals surface area contributed by atoms with Crippen molar-refractivity contribution in [1.29, 1.82) is 0 Å². The summed E-state index contributed by atoms with van der Waals surface area (Å²) in [6.45, 7) is 2.81. The van der Waals surface area contributed by atoms with Crippen LogP contribution in [0.4, 0.5) is 8.78 Å². The Bertz CT molecular complexity index is 983.